The third-order valence-electron chi connectivity index (χ3n) is 6.04. The van der Waals surface area contributed by atoms with E-state index in [1.807, 2.05) is 30.3 Å². The van der Waals surface area contributed by atoms with Crippen LogP contribution in [0.4, 0.5) is 5.82 Å². The van der Waals surface area contributed by atoms with Gasteiger partial charge in [0.25, 0.3) is 5.91 Å². The topological polar surface area (TPSA) is 149 Å². The molecule has 9 heteroatoms. The van der Waals surface area contributed by atoms with Crippen LogP contribution >= 0.6 is 0 Å². The van der Waals surface area contributed by atoms with Crippen molar-refractivity contribution in [1.29, 1.82) is 0 Å². The number of anilines is 1. The predicted molar refractivity (Wildman–Crippen MR) is 124 cm³/mol. The van der Waals surface area contributed by atoms with Crippen LogP contribution < -0.4 is 21.5 Å². The number of methoxy groups -OCH3 is 1. The highest BCUT2D eigenvalue weighted by molar-refractivity contribution is 5.96. The van der Waals surface area contributed by atoms with Crippen molar-refractivity contribution in [3.05, 3.63) is 65.2 Å². The molecule has 1 amide bonds. The van der Waals surface area contributed by atoms with Gasteiger partial charge in [-0.2, -0.15) is 5.10 Å². The Balaban J connectivity index is 1.51. The van der Waals surface area contributed by atoms with Gasteiger partial charge in [0.05, 0.1) is 30.4 Å². The summed E-state index contributed by atoms with van der Waals surface area (Å²) in [7, 11) is 1.53. The van der Waals surface area contributed by atoms with Crippen LogP contribution in [0.1, 0.15) is 53.0 Å². The van der Waals surface area contributed by atoms with Crippen molar-refractivity contribution in [2.75, 3.05) is 12.8 Å². The van der Waals surface area contributed by atoms with E-state index in [2.05, 4.69) is 10.4 Å². The maximum Gasteiger partial charge on any atom is 0.255 e. The fourth-order valence-corrected chi connectivity index (χ4v) is 4.29. The molecule has 3 unspecified atom stereocenters. The van der Waals surface area contributed by atoms with Crippen molar-refractivity contribution >= 4 is 11.7 Å². The molecule has 1 saturated carbocycles. The molecule has 1 fully saturated rings. The van der Waals surface area contributed by atoms with Crippen LogP contribution in [0.2, 0.25) is 0 Å². The molecule has 9 nitrogen and oxygen atoms in total. The second-order valence-corrected chi connectivity index (χ2v) is 8.24. The van der Waals surface area contributed by atoms with Crippen molar-refractivity contribution in [3.8, 4) is 17.0 Å². The Labute approximate surface area is 192 Å². The lowest BCUT2D eigenvalue weighted by atomic mass is 10.0. The summed E-state index contributed by atoms with van der Waals surface area (Å²) in [5.74, 6) is 0.601. The van der Waals surface area contributed by atoms with Gasteiger partial charge in [0.15, 0.2) is 0 Å². The molecule has 1 heterocycles. The zero-order valence-corrected chi connectivity index (χ0v) is 18.4. The minimum Gasteiger partial charge on any atom is -0.496 e. The van der Waals surface area contributed by atoms with Crippen molar-refractivity contribution < 1.29 is 19.7 Å². The van der Waals surface area contributed by atoms with E-state index in [0.717, 1.165) is 17.5 Å². The molecule has 33 heavy (non-hydrogen) atoms. The Bertz CT molecular complexity index is 1130. The molecule has 174 valence electrons. The standard InChI is InChI=1S/C24H29N5O4/c1-33-19-5-3-2-4-18(19)24(32)27-13-14-6-8-15(9-7-14)21-20(23(26)31)22(25)29(28-21)16-10-11-17(30)12-16/h2-9,16-17,23,30-31H,10-13,25-26H2,1H3,(H,27,32). The number of carbonyl (C=O) groups is 1. The van der Waals surface area contributed by atoms with Gasteiger partial charge in [-0.3, -0.25) is 4.79 Å². The number of hydrogen-bond donors (Lipinski definition) is 5. The summed E-state index contributed by atoms with van der Waals surface area (Å²) in [6.45, 7) is 0.333. The van der Waals surface area contributed by atoms with E-state index in [0.29, 0.717) is 47.8 Å². The predicted octanol–water partition coefficient (Wildman–Crippen LogP) is 2.11. The van der Waals surface area contributed by atoms with Gasteiger partial charge in [-0.05, 0) is 37.0 Å². The van der Waals surface area contributed by atoms with Crippen LogP contribution in [0.15, 0.2) is 48.5 Å². The number of carbonyl (C=O) groups excluding carboxylic acids is 1. The highest BCUT2D eigenvalue weighted by atomic mass is 16.5. The summed E-state index contributed by atoms with van der Waals surface area (Å²) in [5, 5.41) is 27.6. The Morgan fingerprint density at radius 1 is 1.24 bits per heavy atom. The van der Waals surface area contributed by atoms with E-state index in [-0.39, 0.29) is 18.1 Å². The fraction of sp³-hybridized carbons (Fsp3) is 0.333. The first-order valence-corrected chi connectivity index (χ1v) is 10.9. The third-order valence-corrected chi connectivity index (χ3v) is 6.04. The average Bonchev–Trinajstić information content (AvgIpc) is 3.40. The number of hydrogen-bond acceptors (Lipinski definition) is 7. The second-order valence-electron chi connectivity index (χ2n) is 8.24. The van der Waals surface area contributed by atoms with Gasteiger partial charge in [-0.25, -0.2) is 4.68 Å². The minimum absolute atomic E-state index is 0.0317. The first-order chi connectivity index (χ1) is 15.9. The molecule has 0 saturated heterocycles. The molecule has 1 aliphatic carbocycles. The number of aliphatic hydroxyl groups excluding tert-OH is 2. The SMILES string of the molecule is COc1ccccc1C(=O)NCc1ccc(-c2nn(C3CCC(O)C3)c(N)c2C(N)O)cc1. The van der Waals surface area contributed by atoms with Crippen molar-refractivity contribution in [3.63, 3.8) is 0 Å². The summed E-state index contributed by atoms with van der Waals surface area (Å²) in [6.07, 6.45) is 0.363. The van der Waals surface area contributed by atoms with E-state index in [1.54, 1.807) is 22.9 Å². The average molecular weight is 452 g/mol. The quantitative estimate of drug-likeness (QED) is 0.345. The second kappa shape index (κ2) is 9.62. The number of benzene rings is 2. The van der Waals surface area contributed by atoms with Gasteiger partial charge in [-0.15, -0.1) is 0 Å². The van der Waals surface area contributed by atoms with Crippen molar-refractivity contribution in [1.82, 2.24) is 15.1 Å². The number of nitrogens with zero attached hydrogens (tertiary/aromatic N) is 2. The molecule has 4 rings (SSSR count). The Kier molecular flexibility index (Phi) is 6.64. The van der Waals surface area contributed by atoms with E-state index in [9.17, 15) is 15.0 Å². The molecule has 0 bridgehead atoms. The summed E-state index contributed by atoms with van der Waals surface area (Å²) in [6, 6.07) is 14.5. The monoisotopic (exact) mass is 451 g/mol. The van der Waals surface area contributed by atoms with Crippen LogP contribution in [0.25, 0.3) is 11.3 Å². The third kappa shape index (κ3) is 4.70. The van der Waals surface area contributed by atoms with Crippen LogP contribution in [-0.4, -0.2) is 39.1 Å². The molecular weight excluding hydrogens is 422 g/mol. The number of amides is 1. The highest BCUT2D eigenvalue weighted by Gasteiger charge is 2.30. The number of nitrogens with two attached hydrogens (primary N) is 2. The van der Waals surface area contributed by atoms with Crippen LogP contribution in [-0.2, 0) is 6.54 Å². The van der Waals surface area contributed by atoms with Gasteiger partial charge in [0.2, 0.25) is 0 Å². The first-order valence-electron chi connectivity index (χ1n) is 10.9. The van der Waals surface area contributed by atoms with E-state index in [1.165, 1.54) is 7.11 Å². The smallest absolute Gasteiger partial charge is 0.255 e. The molecule has 3 atom stereocenters. The lowest BCUT2D eigenvalue weighted by Gasteiger charge is -2.12. The van der Waals surface area contributed by atoms with E-state index < -0.39 is 6.23 Å². The zero-order chi connectivity index (χ0) is 23.5. The molecule has 0 spiro atoms. The Morgan fingerprint density at radius 3 is 2.61 bits per heavy atom. The molecule has 2 aromatic carbocycles. The lowest BCUT2D eigenvalue weighted by Crippen LogP contribution is -2.23. The van der Waals surface area contributed by atoms with E-state index >= 15 is 0 Å². The van der Waals surface area contributed by atoms with E-state index in [4.69, 9.17) is 16.2 Å². The molecule has 0 aliphatic heterocycles. The minimum atomic E-state index is -1.28. The van der Waals surface area contributed by atoms with Gasteiger partial charge >= 0.3 is 0 Å². The van der Waals surface area contributed by atoms with Crippen molar-refractivity contribution in [2.45, 2.75) is 44.2 Å². The fourth-order valence-electron chi connectivity index (χ4n) is 4.29. The molecule has 0 radical (unpaired) electrons. The largest absolute Gasteiger partial charge is 0.496 e. The van der Waals surface area contributed by atoms with Gasteiger partial charge in [0.1, 0.15) is 23.5 Å². The number of para-hydroxylation sites is 1. The number of nitrogen functional groups attached to an aromatic ring is 1. The highest BCUT2D eigenvalue weighted by Crippen LogP contribution is 2.37. The molecule has 7 N–H and O–H groups in total. The number of ether oxygens (including phenoxy) is 1. The number of nitrogens with one attached hydrogen (secondary N) is 1. The Morgan fingerprint density at radius 2 is 1.97 bits per heavy atom. The van der Waals surface area contributed by atoms with Crippen LogP contribution in [0.5, 0.6) is 5.75 Å². The summed E-state index contributed by atoms with van der Waals surface area (Å²) >= 11 is 0. The molecule has 1 aromatic heterocycles. The zero-order valence-electron chi connectivity index (χ0n) is 18.4. The maximum atomic E-state index is 12.5. The number of rotatable bonds is 7. The number of aliphatic hydroxyl groups is 2. The molecule has 1 aliphatic rings. The normalized spacial score (nSPS) is 18.8. The van der Waals surface area contributed by atoms with Crippen LogP contribution in [0, 0.1) is 0 Å². The molecule has 3 aromatic rings. The number of aromatic nitrogens is 2. The molecular formula is C24H29N5O4. The van der Waals surface area contributed by atoms with Gasteiger partial charge in [-0.1, -0.05) is 36.4 Å². The summed E-state index contributed by atoms with van der Waals surface area (Å²) in [5.41, 5.74) is 15.1. The van der Waals surface area contributed by atoms with Gasteiger partial charge in [0, 0.05) is 12.1 Å². The maximum absolute atomic E-state index is 12.5. The summed E-state index contributed by atoms with van der Waals surface area (Å²) < 4.78 is 6.91. The van der Waals surface area contributed by atoms with Crippen molar-refractivity contribution in [2.24, 2.45) is 5.73 Å². The van der Waals surface area contributed by atoms with Crippen LogP contribution in [0.3, 0.4) is 0 Å². The lowest BCUT2D eigenvalue weighted by molar-refractivity contribution is 0.0948. The first kappa shape index (κ1) is 22.8. The van der Waals surface area contributed by atoms with Gasteiger partial charge < -0.3 is 31.7 Å². The summed E-state index contributed by atoms with van der Waals surface area (Å²) in [4.78, 5) is 12.5. The Hall–Kier alpha value is -3.40.